The summed E-state index contributed by atoms with van der Waals surface area (Å²) in [6, 6.07) is 5.03. The van der Waals surface area contributed by atoms with E-state index in [0.717, 1.165) is 19.3 Å². The first-order valence-electron chi connectivity index (χ1n) is 7.36. The molecule has 6 heteroatoms. The maximum atomic E-state index is 12.7. The number of aryl methyl sites for hydroxylation is 1. The summed E-state index contributed by atoms with van der Waals surface area (Å²) in [5.41, 5.74) is 1.23. The van der Waals surface area contributed by atoms with Crippen LogP contribution in [0.1, 0.15) is 38.2 Å². The van der Waals surface area contributed by atoms with Gasteiger partial charge in [-0.15, -0.1) is 0 Å². The zero-order valence-corrected chi connectivity index (χ0v) is 13.4. The Morgan fingerprint density at radius 1 is 1.24 bits per heavy atom. The molecule has 0 atom stereocenters. The van der Waals surface area contributed by atoms with Gasteiger partial charge in [0.2, 0.25) is 15.9 Å². The first-order valence-corrected chi connectivity index (χ1v) is 8.80. The van der Waals surface area contributed by atoms with E-state index < -0.39 is 10.0 Å². The molecule has 0 unspecified atom stereocenters. The zero-order chi connectivity index (χ0) is 15.5. The number of hydrogen-bond acceptors (Lipinski definition) is 3. The Labute approximate surface area is 126 Å². The average Bonchev–Trinajstić information content (AvgIpc) is 2.49. The van der Waals surface area contributed by atoms with E-state index in [2.05, 4.69) is 5.32 Å². The van der Waals surface area contributed by atoms with E-state index in [4.69, 9.17) is 0 Å². The highest BCUT2D eigenvalue weighted by atomic mass is 32.2. The molecule has 2 rings (SSSR count). The Morgan fingerprint density at radius 3 is 2.52 bits per heavy atom. The molecular weight excluding hydrogens is 288 g/mol. The molecule has 0 radical (unpaired) electrons. The van der Waals surface area contributed by atoms with E-state index in [1.54, 1.807) is 36.4 Å². The van der Waals surface area contributed by atoms with Crippen LogP contribution in [0.25, 0.3) is 0 Å². The Morgan fingerprint density at radius 2 is 1.90 bits per heavy atom. The fourth-order valence-corrected chi connectivity index (χ4v) is 4.22. The summed E-state index contributed by atoms with van der Waals surface area (Å²) in [5, 5.41) is 2.71. The molecule has 1 fully saturated rings. The summed E-state index contributed by atoms with van der Waals surface area (Å²) in [5.74, 6) is -0.125. The highest BCUT2D eigenvalue weighted by Crippen LogP contribution is 2.26. The van der Waals surface area contributed by atoms with Crippen molar-refractivity contribution >= 4 is 21.6 Å². The Hall–Kier alpha value is -1.40. The smallest absolute Gasteiger partial charge is 0.243 e. The van der Waals surface area contributed by atoms with Crippen LogP contribution < -0.4 is 5.32 Å². The van der Waals surface area contributed by atoms with Crippen molar-refractivity contribution in [1.82, 2.24) is 4.31 Å². The molecule has 1 aromatic rings. The summed E-state index contributed by atoms with van der Waals surface area (Å²) in [6.07, 6.45) is 3.26. The Kier molecular flexibility index (Phi) is 5.00. The monoisotopic (exact) mass is 310 g/mol. The average molecular weight is 310 g/mol. The van der Waals surface area contributed by atoms with Crippen LogP contribution in [0.2, 0.25) is 0 Å². The van der Waals surface area contributed by atoms with Crippen molar-refractivity contribution in [2.75, 3.05) is 18.4 Å². The fourth-order valence-electron chi connectivity index (χ4n) is 2.45. The van der Waals surface area contributed by atoms with E-state index >= 15 is 0 Å². The predicted molar refractivity (Wildman–Crippen MR) is 82.7 cm³/mol. The van der Waals surface area contributed by atoms with E-state index in [1.165, 1.54) is 0 Å². The molecule has 0 spiro atoms. The number of carbonyl (C=O) groups excluding carboxylic acids is 1. The molecule has 116 valence electrons. The van der Waals surface area contributed by atoms with Gasteiger partial charge in [-0.25, -0.2) is 8.42 Å². The van der Waals surface area contributed by atoms with Crippen molar-refractivity contribution in [1.29, 1.82) is 0 Å². The molecule has 0 aliphatic carbocycles. The molecule has 0 saturated carbocycles. The highest BCUT2D eigenvalue weighted by Gasteiger charge is 2.27. The van der Waals surface area contributed by atoms with Gasteiger partial charge in [0, 0.05) is 25.2 Å². The third-order valence-corrected chi connectivity index (χ3v) is 5.77. The van der Waals surface area contributed by atoms with Gasteiger partial charge in [-0.2, -0.15) is 4.31 Å². The summed E-state index contributed by atoms with van der Waals surface area (Å²) >= 11 is 0. The van der Waals surface area contributed by atoms with Crippen LogP contribution in [0.3, 0.4) is 0 Å². The van der Waals surface area contributed by atoms with Crippen LogP contribution in [0.15, 0.2) is 23.1 Å². The SMILES string of the molecule is CCC(=O)Nc1ccc(C)c(S(=O)(=O)N2CCCCC2)c1. The largest absolute Gasteiger partial charge is 0.326 e. The maximum Gasteiger partial charge on any atom is 0.243 e. The van der Waals surface area contributed by atoms with Crippen LogP contribution in [-0.2, 0) is 14.8 Å². The molecule has 1 aliphatic rings. The number of anilines is 1. The number of rotatable bonds is 4. The van der Waals surface area contributed by atoms with Crippen molar-refractivity contribution in [3.8, 4) is 0 Å². The van der Waals surface area contributed by atoms with Gasteiger partial charge in [-0.1, -0.05) is 19.4 Å². The van der Waals surface area contributed by atoms with Crippen molar-refractivity contribution < 1.29 is 13.2 Å². The van der Waals surface area contributed by atoms with Gasteiger partial charge < -0.3 is 5.32 Å². The number of nitrogens with one attached hydrogen (secondary N) is 1. The minimum atomic E-state index is -3.48. The minimum Gasteiger partial charge on any atom is -0.326 e. The zero-order valence-electron chi connectivity index (χ0n) is 12.6. The van der Waals surface area contributed by atoms with Crippen LogP contribution in [0.5, 0.6) is 0 Å². The summed E-state index contributed by atoms with van der Waals surface area (Å²) in [4.78, 5) is 11.7. The van der Waals surface area contributed by atoms with Gasteiger partial charge in [-0.05, 0) is 37.5 Å². The number of sulfonamides is 1. The second-order valence-corrected chi connectivity index (χ2v) is 7.25. The third kappa shape index (κ3) is 3.63. The van der Waals surface area contributed by atoms with E-state index in [9.17, 15) is 13.2 Å². The van der Waals surface area contributed by atoms with Crippen LogP contribution in [0.4, 0.5) is 5.69 Å². The fraction of sp³-hybridized carbons (Fsp3) is 0.533. The standard InChI is InChI=1S/C15H22N2O3S/c1-3-15(18)16-13-8-7-12(2)14(11-13)21(19,20)17-9-5-4-6-10-17/h7-8,11H,3-6,9-10H2,1-2H3,(H,16,18). The maximum absolute atomic E-state index is 12.7. The molecule has 1 saturated heterocycles. The molecule has 5 nitrogen and oxygen atoms in total. The molecule has 0 aromatic heterocycles. The quantitative estimate of drug-likeness (QED) is 0.929. The van der Waals surface area contributed by atoms with Gasteiger partial charge in [-0.3, -0.25) is 4.79 Å². The van der Waals surface area contributed by atoms with Crippen molar-refractivity contribution in [3.05, 3.63) is 23.8 Å². The van der Waals surface area contributed by atoms with Crippen LogP contribution in [0, 0.1) is 6.92 Å². The molecule has 21 heavy (non-hydrogen) atoms. The van der Waals surface area contributed by atoms with Crippen molar-refractivity contribution in [2.24, 2.45) is 0 Å². The number of hydrogen-bond donors (Lipinski definition) is 1. The third-order valence-electron chi connectivity index (χ3n) is 3.73. The van der Waals surface area contributed by atoms with E-state index in [0.29, 0.717) is 35.7 Å². The number of amides is 1. The lowest BCUT2D eigenvalue weighted by atomic mass is 10.2. The van der Waals surface area contributed by atoms with Gasteiger partial charge >= 0.3 is 0 Å². The topological polar surface area (TPSA) is 66.5 Å². The van der Waals surface area contributed by atoms with E-state index in [1.807, 2.05) is 0 Å². The normalized spacial score (nSPS) is 16.7. The molecule has 0 bridgehead atoms. The molecule has 1 amide bonds. The first kappa shape index (κ1) is 16.0. The number of piperidine rings is 1. The van der Waals surface area contributed by atoms with Gasteiger partial charge in [0.25, 0.3) is 0 Å². The molecule has 1 aromatic carbocycles. The Balaban J connectivity index is 2.33. The lowest BCUT2D eigenvalue weighted by molar-refractivity contribution is -0.115. The Bertz CT molecular complexity index is 620. The highest BCUT2D eigenvalue weighted by molar-refractivity contribution is 7.89. The van der Waals surface area contributed by atoms with Gasteiger partial charge in [0.05, 0.1) is 4.90 Å². The second kappa shape index (κ2) is 6.58. The van der Waals surface area contributed by atoms with Crippen LogP contribution >= 0.6 is 0 Å². The van der Waals surface area contributed by atoms with Crippen LogP contribution in [-0.4, -0.2) is 31.7 Å². The molecular formula is C15H22N2O3S. The number of nitrogens with zero attached hydrogens (tertiary/aromatic N) is 1. The predicted octanol–water partition coefficient (Wildman–Crippen LogP) is 2.52. The summed E-state index contributed by atoms with van der Waals surface area (Å²) in [6.45, 7) is 4.69. The lowest BCUT2D eigenvalue weighted by Gasteiger charge is -2.26. The van der Waals surface area contributed by atoms with E-state index in [-0.39, 0.29) is 5.91 Å². The van der Waals surface area contributed by atoms with Gasteiger partial charge in [0.1, 0.15) is 0 Å². The van der Waals surface area contributed by atoms with Gasteiger partial charge in [0.15, 0.2) is 0 Å². The number of carbonyl (C=O) groups is 1. The lowest BCUT2D eigenvalue weighted by Crippen LogP contribution is -2.36. The number of benzene rings is 1. The van der Waals surface area contributed by atoms with Crippen molar-refractivity contribution in [3.63, 3.8) is 0 Å². The summed E-state index contributed by atoms with van der Waals surface area (Å²) in [7, 11) is -3.48. The second-order valence-electron chi connectivity index (χ2n) is 5.35. The summed E-state index contributed by atoms with van der Waals surface area (Å²) < 4.78 is 27.0. The molecule has 1 heterocycles. The first-order chi connectivity index (χ1) is 9.95. The molecule has 1 aliphatic heterocycles. The molecule has 1 N–H and O–H groups in total. The van der Waals surface area contributed by atoms with Crippen molar-refractivity contribution in [2.45, 2.75) is 44.4 Å². The minimum absolute atomic E-state index is 0.125.